The fraction of sp³-hybridized carbons (Fsp3) is 0.412. The molecule has 0 atom stereocenters. The van der Waals surface area contributed by atoms with Crippen molar-refractivity contribution in [3.05, 3.63) is 42.1 Å². The van der Waals surface area contributed by atoms with E-state index in [0.29, 0.717) is 5.95 Å². The first kappa shape index (κ1) is 13.9. The van der Waals surface area contributed by atoms with Gasteiger partial charge >= 0.3 is 0 Å². The average Bonchev–Trinajstić information content (AvgIpc) is 2.77. The Hall–Kier alpha value is -2.10. The van der Waals surface area contributed by atoms with E-state index in [1.54, 1.807) is 0 Å². The van der Waals surface area contributed by atoms with Gasteiger partial charge in [0.1, 0.15) is 5.82 Å². The number of aromatic nitrogens is 2. The van der Waals surface area contributed by atoms with Crippen LogP contribution in [0.1, 0.15) is 31.4 Å². The Balaban J connectivity index is 1.82. The highest BCUT2D eigenvalue weighted by molar-refractivity contribution is 5.55. The Morgan fingerprint density at radius 1 is 0.952 bits per heavy atom. The van der Waals surface area contributed by atoms with Crippen LogP contribution in [0.2, 0.25) is 0 Å². The number of aryl methyl sites for hydroxylation is 1. The topological polar surface area (TPSA) is 41.1 Å². The van der Waals surface area contributed by atoms with Crippen molar-refractivity contribution in [2.24, 2.45) is 0 Å². The molecule has 0 spiro atoms. The first-order chi connectivity index (χ1) is 10.3. The van der Waals surface area contributed by atoms with Crippen molar-refractivity contribution in [1.29, 1.82) is 0 Å². The third-order valence-corrected chi connectivity index (χ3v) is 3.80. The van der Waals surface area contributed by atoms with Gasteiger partial charge in [-0.3, -0.25) is 0 Å². The van der Waals surface area contributed by atoms with Crippen molar-refractivity contribution in [2.75, 3.05) is 23.3 Å². The molecule has 0 unspecified atom stereocenters. The molecule has 4 heteroatoms. The zero-order valence-electron chi connectivity index (χ0n) is 12.5. The summed E-state index contributed by atoms with van der Waals surface area (Å²) in [7, 11) is 0. The van der Waals surface area contributed by atoms with Gasteiger partial charge in [-0.25, -0.2) is 4.98 Å². The molecule has 1 aliphatic heterocycles. The van der Waals surface area contributed by atoms with Crippen LogP contribution >= 0.6 is 0 Å². The third-order valence-electron chi connectivity index (χ3n) is 3.80. The second kappa shape index (κ2) is 6.57. The molecule has 1 aromatic heterocycles. The van der Waals surface area contributed by atoms with Crippen LogP contribution in [0, 0.1) is 6.92 Å². The second-order valence-corrected chi connectivity index (χ2v) is 5.58. The van der Waals surface area contributed by atoms with Crippen molar-refractivity contribution in [2.45, 2.75) is 32.6 Å². The normalized spacial score (nSPS) is 15.6. The van der Waals surface area contributed by atoms with Crippen LogP contribution in [-0.4, -0.2) is 23.1 Å². The van der Waals surface area contributed by atoms with Crippen molar-refractivity contribution >= 4 is 17.5 Å². The summed E-state index contributed by atoms with van der Waals surface area (Å²) in [6.45, 7) is 4.22. The lowest BCUT2D eigenvalue weighted by atomic mass is 10.2. The molecule has 0 aliphatic carbocycles. The summed E-state index contributed by atoms with van der Waals surface area (Å²) in [5, 5.41) is 3.29. The maximum absolute atomic E-state index is 4.70. The van der Waals surface area contributed by atoms with Crippen molar-refractivity contribution in [3.8, 4) is 0 Å². The molecular weight excluding hydrogens is 260 g/mol. The van der Waals surface area contributed by atoms with E-state index in [2.05, 4.69) is 21.3 Å². The fourth-order valence-electron chi connectivity index (χ4n) is 2.72. The van der Waals surface area contributed by atoms with Gasteiger partial charge in [-0.2, -0.15) is 4.98 Å². The van der Waals surface area contributed by atoms with E-state index in [4.69, 9.17) is 4.98 Å². The molecule has 110 valence electrons. The number of rotatable bonds is 3. The van der Waals surface area contributed by atoms with Gasteiger partial charge in [-0.15, -0.1) is 0 Å². The highest BCUT2D eigenvalue weighted by Crippen LogP contribution is 2.21. The predicted molar refractivity (Wildman–Crippen MR) is 87.2 cm³/mol. The van der Waals surface area contributed by atoms with Gasteiger partial charge in [0.15, 0.2) is 0 Å². The van der Waals surface area contributed by atoms with E-state index >= 15 is 0 Å². The van der Waals surface area contributed by atoms with Gasteiger partial charge in [0, 0.05) is 30.5 Å². The molecule has 1 aliphatic rings. The number of benzene rings is 1. The van der Waals surface area contributed by atoms with Gasteiger partial charge in [0.05, 0.1) is 0 Å². The predicted octanol–water partition coefficient (Wildman–Crippen LogP) is 3.91. The smallest absolute Gasteiger partial charge is 0.229 e. The molecular formula is C17H22N4. The van der Waals surface area contributed by atoms with Crippen LogP contribution in [0.25, 0.3) is 0 Å². The van der Waals surface area contributed by atoms with Crippen LogP contribution < -0.4 is 10.2 Å². The molecule has 1 saturated heterocycles. The minimum atomic E-state index is 0.681. The van der Waals surface area contributed by atoms with E-state index in [1.807, 2.05) is 37.3 Å². The zero-order valence-corrected chi connectivity index (χ0v) is 12.5. The molecule has 2 heterocycles. The Morgan fingerprint density at radius 2 is 1.67 bits per heavy atom. The minimum absolute atomic E-state index is 0.681. The van der Waals surface area contributed by atoms with E-state index in [1.165, 1.54) is 25.7 Å². The quantitative estimate of drug-likeness (QED) is 0.926. The third kappa shape index (κ3) is 3.72. The van der Waals surface area contributed by atoms with E-state index < -0.39 is 0 Å². The Bertz CT molecular complexity index is 575. The molecule has 1 fully saturated rings. The van der Waals surface area contributed by atoms with Crippen LogP contribution in [0.3, 0.4) is 0 Å². The molecule has 0 amide bonds. The highest BCUT2D eigenvalue weighted by Gasteiger charge is 2.13. The van der Waals surface area contributed by atoms with Crippen LogP contribution in [0.4, 0.5) is 17.5 Å². The number of hydrogen-bond acceptors (Lipinski definition) is 4. The van der Waals surface area contributed by atoms with Crippen LogP contribution in [-0.2, 0) is 0 Å². The maximum Gasteiger partial charge on any atom is 0.229 e. The first-order valence-electron chi connectivity index (χ1n) is 7.74. The number of hydrogen-bond donors (Lipinski definition) is 1. The lowest BCUT2D eigenvalue weighted by molar-refractivity contribution is 0.726. The summed E-state index contributed by atoms with van der Waals surface area (Å²) < 4.78 is 0. The summed E-state index contributed by atoms with van der Waals surface area (Å²) in [5.74, 6) is 1.73. The lowest BCUT2D eigenvalue weighted by Crippen LogP contribution is -2.25. The van der Waals surface area contributed by atoms with Crippen molar-refractivity contribution in [1.82, 2.24) is 9.97 Å². The van der Waals surface area contributed by atoms with Gasteiger partial charge in [-0.1, -0.05) is 31.0 Å². The summed E-state index contributed by atoms with van der Waals surface area (Å²) >= 11 is 0. The van der Waals surface area contributed by atoms with E-state index in [0.717, 1.165) is 30.3 Å². The monoisotopic (exact) mass is 282 g/mol. The van der Waals surface area contributed by atoms with Gasteiger partial charge in [0.2, 0.25) is 5.95 Å². The molecule has 4 nitrogen and oxygen atoms in total. The Labute approximate surface area is 126 Å². The largest absolute Gasteiger partial charge is 0.356 e. The summed E-state index contributed by atoms with van der Waals surface area (Å²) in [4.78, 5) is 11.6. The van der Waals surface area contributed by atoms with E-state index in [-0.39, 0.29) is 0 Å². The van der Waals surface area contributed by atoms with Gasteiger partial charge in [0.25, 0.3) is 0 Å². The molecule has 2 aromatic rings. The lowest BCUT2D eigenvalue weighted by Gasteiger charge is -2.22. The Morgan fingerprint density at radius 3 is 2.38 bits per heavy atom. The minimum Gasteiger partial charge on any atom is -0.356 e. The number of nitrogens with one attached hydrogen (secondary N) is 1. The zero-order chi connectivity index (χ0) is 14.5. The van der Waals surface area contributed by atoms with Crippen molar-refractivity contribution in [3.63, 3.8) is 0 Å². The molecule has 0 bridgehead atoms. The van der Waals surface area contributed by atoms with Gasteiger partial charge in [-0.05, 0) is 31.9 Å². The highest BCUT2D eigenvalue weighted by atomic mass is 15.2. The molecule has 3 rings (SSSR count). The summed E-state index contributed by atoms with van der Waals surface area (Å²) in [6.07, 6.45) is 5.17. The molecule has 21 heavy (non-hydrogen) atoms. The number of anilines is 3. The van der Waals surface area contributed by atoms with E-state index in [9.17, 15) is 0 Å². The number of nitrogens with zero attached hydrogens (tertiary/aromatic N) is 3. The fourth-order valence-corrected chi connectivity index (χ4v) is 2.72. The summed E-state index contributed by atoms with van der Waals surface area (Å²) in [6, 6.07) is 12.2. The first-order valence-corrected chi connectivity index (χ1v) is 7.74. The maximum atomic E-state index is 4.70. The molecule has 0 radical (unpaired) electrons. The molecule has 0 saturated carbocycles. The summed E-state index contributed by atoms with van der Waals surface area (Å²) in [5.41, 5.74) is 2.02. The Kier molecular flexibility index (Phi) is 4.34. The molecule has 1 aromatic carbocycles. The second-order valence-electron chi connectivity index (χ2n) is 5.58. The SMILES string of the molecule is Cc1cc(N2CCCCCC2)nc(Nc2ccccc2)n1. The van der Waals surface area contributed by atoms with Crippen molar-refractivity contribution < 1.29 is 0 Å². The average molecular weight is 282 g/mol. The number of para-hydroxylation sites is 1. The van der Waals surface area contributed by atoms with Gasteiger partial charge < -0.3 is 10.2 Å². The van der Waals surface area contributed by atoms with Crippen LogP contribution in [0.15, 0.2) is 36.4 Å². The molecule has 1 N–H and O–H groups in total. The standard InChI is InChI=1S/C17H22N4/c1-14-13-16(21-11-7-2-3-8-12-21)20-17(18-14)19-15-9-5-4-6-10-15/h4-6,9-10,13H,2-3,7-8,11-12H2,1H3,(H,18,19,20). The van der Waals surface area contributed by atoms with Crippen LogP contribution in [0.5, 0.6) is 0 Å².